The van der Waals surface area contributed by atoms with Crippen molar-refractivity contribution in [2.24, 2.45) is 0 Å². The van der Waals surface area contributed by atoms with E-state index in [1.54, 1.807) is 0 Å². The average Bonchev–Trinajstić information content (AvgIpc) is 2.19. The van der Waals surface area contributed by atoms with Crippen LogP contribution in [0.5, 0.6) is 0 Å². The molecule has 0 bridgehead atoms. The molecule has 0 saturated heterocycles. The first-order chi connectivity index (χ1) is 6.72. The van der Waals surface area contributed by atoms with E-state index in [4.69, 9.17) is 5.11 Å². The van der Waals surface area contributed by atoms with Gasteiger partial charge in [-0.15, -0.1) is 0 Å². The summed E-state index contributed by atoms with van der Waals surface area (Å²) in [5, 5.41) is 8.85. The Kier molecular flexibility index (Phi) is 4.14. The molecule has 0 radical (unpaired) electrons. The van der Waals surface area contributed by atoms with Gasteiger partial charge in [-0.25, -0.2) is 0 Å². The van der Waals surface area contributed by atoms with E-state index in [-0.39, 0.29) is 6.61 Å². The van der Waals surface area contributed by atoms with Gasteiger partial charge in [0.05, 0.1) is 6.61 Å². The summed E-state index contributed by atoms with van der Waals surface area (Å²) in [6, 6.07) is 10.2. The third-order valence-corrected chi connectivity index (χ3v) is 1.92. The van der Waals surface area contributed by atoms with Crippen LogP contribution in [-0.4, -0.2) is 11.7 Å². The maximum atomic E-state index is 8.85. The molecular formula is C13H16O. The van der Waals surface area contributed by atoms with Gasteiger partial charge in [0.1, 0.15) is 0 Å². The molecule has 0 fully saturated rings. The summed E-state index contributed by atoms with van der Waals surface area (Å²) in [6.45, 7) is 4.08. The fourth-order valence-electron chi connectivity index (χ4n) is 1.29. The third-order valence-electron chi connectivity index (χ3n) is 1.92. The Labute approximate surface area is 85.4 Å². The number of hydrogen-bond acceptors (Lipinski definition) is 1. The normalized spacial score (nSPS) is 13.1. The van der Waals surface area contributed by atoms with Gasteiger partial charge in [-0.2, -0.15) is 0 Å². The molecule has 0 aliphatic carbocycles. The fourth-order valence-corrected chi connectivity index (χ4v) is 1.29. The smallest absolute Gasteiger partial charge is 0.0642 e. The summed E-state index contributed by atoms with van der Waals surface area (Å²) < 4.78 is 0. The fraction of sp³-hybridized carbons (Fsp3) is 0.231. The van der Waals surface area contributed by atoms with E-state index in [0.29, 0.717) is 0 Å². The van der Waals surface area contributed by atoms with Crippen LogP contribution in [-0.2, 0) is 0 Å². The molecule has 14 heavy (non-hydrogen) atoms. The van der Waals surface area contributed by atoms with Gasteiger partial charge < -0.3 is 5.11 Å². The van der Waals surface area contributed by atoms with Crippen LogP contribution in [0, 0.1) is 0 Å². The van der Waals surface area contributed by atoms with Crippen molar-refractivity contribution in [1.29, 1.82) is 0 Å². The van der Waals surface area contributed by atoms with Crippen LogP contribution in [0.4, 0.5) is 0 Å². The maximum Gasteiger partial charge on any atom is 0.0642 e. The Morgan fingerprint density at radius 3 is 2.43 bits per heavy atom. The molecule has 0 aliphatic rings. The lowest BCUT2D eigenvalue weighted by molar-refractivity contribution is 0.331. The summed E-state index contributed by atoms with van der Waals surface area (Å²) >= 11 is 0. The number of rotatable bonds is 3. The van der Waals surface area contributed by atoms with Crippen molar-refractivity contribution in [3.63, 3.8) is 0 Å². The van der Waals surface area contributed by atoms with E-state index >= 15 is 0 Å². The SMILES string of the molecule is CC(=C\c1ccccc1)/C=C(\C)CO. The minimum atomic E-state index is 0.125. The number of benzene rings is 1. The molecule has 1 heteroatoms. The Bertz CT molecular complexity index is 334. The Morgan fingerprint density at radius 1 is 1.21 bits per heavy atom. The quantitative estimate of drug-likeness (QED) is 0.723. The molecule has 0 heterocycles. The minimum absolute atomic E-state index is 0.125. The van der Waals surface area contributed by atoms with Crippen LogP contribution in [0.15, 0.2) is 47.6 Å². The van der Waals surface area contributed by atoms with Crippen LogP contribution >= 0.6 is 0 Å². The summed E-state index contributed by atoms with van der Waals surface area (Å²) in [5.74, 6) is 0. The Hall–Kier alpha value is -1.34. The highest BCUT2D eigenvalue weighted by molar-refractivity contribution is 5.55. The Morgan fingerprint density at radius 2 is 1.86 bits per heavy atom. The van der Waals surface area contributed by atoms with Crippen molar-refractivity contribution < 1.29 is 5.11 Å². The standard InChI is InChI=1S/C13H16O/c1-11(8-12(2)10-14)9-13-6-4-3-5-7-13/h3-9,14H,10H2,1-2H3/b11-9+,12-8+. The van der Waals surface area contributed by atoms with Gasteiger partial charge in [0.25, 0.3) is 0 Å². The average molecular weight is 188 g/mol. The molecule has 0 spiro atoms. The molecular weight excluding hydrogens is 172 g/mol. The molecule has 1 aromatic rings. The maximum absolute atomic E-state index is 8.85. The van der Waals surface area contributed by atoms with Crippen LogP contribution in [0.3, 0.4) is 0 Å². The van der Waals surface area contributed by atoms with E-state index in [0.717, 1.165) is 11.1 Å². The highest BCUT2D eigenvalue weighted by Crippen LogP contribution is 2.08. The van der Waals surface area contributed by atoms with E-state index in [9.17, 15) is 0 Å². The topological polar surface area (TPSA) is 20.2 Å². The molecule has 1 rings (SSSR count). The first-order valence-electron chi connectivity index (χ1n) is 4.74. The largest absolute Gasteiger partial charge is 0.392 e. The number of aliphatic hydroxyl groups is 1. The van der Waals surface area contributed by atoms with Gasteiger partial charge in [-0.05, 0) is 25.0 Å². The van der Waals surface area contributed by atoms with Crippen molar-refractivity contribution >= 4 is 6.08 Å². The lowest BCUT2D eigenvalue weighted by Gasteiger charge is -1.97. The van der Waals surface area contributed by atoms with Crippen LogP contribution < -0.4 is 0 Å². The first kappa shape index (κ1) is 10.7. The molecule has 0 saturated carbocycles. The molecule has 1 nitrogen and oxygen atoms in total. The second-order valence-corrected chi connectivity index (χ2v) is 3.45. The van der Waals surface area contributed by atoms with Gasteiger partial charge in [0.2, 0.25) is 0 Å². The molecule has 0 aromatic heterocycles. The summed E-state index contributed by atoms with van der Waals surface area (Å²) in [5.41, 5.74) is 3.32. The third kappa shape index (κ3) is 3.58. The van der Waals surface area contributed by atoms with E-state index < -0.39 is 0 Å². The minimum Gasteiger partial charge on any atom is -0.392 e. The van der Waals surface area contributed by atoms with Gasteiger partial charge >= 0.3 is 0 Å². The summed E-state index contributed by atoms with van der Waals surface area (Å²) in [4.78, 5) is 0. The highest BCUT2D eigenvalue weighted by atomic mass is 16.3. The van der Waals surface area contributed by atoms with Crippen molar-refractivity contribution in [3.8, 4) is 0 Å². The second kappa shape index (κ2) is 5.40. The second-order valence-electron chi connectivity index (χ2n) is 3.45. The molecule has 1 N–H and O–H groups in total. The van der Waals surface area contributed by atoms with Crippen molar-refractivity contribution in [2.45, 2.75) is 13.8 Å². The number of hydrogen-bond donors (Lipinski definition) is 1. The zero-order valence-corrected chi connectivity index (χ0v) is 8.70. The number of aliphatic hydroxyl groups excluding tert-OH is 1. The summed E-state index contributed by atoms with van der Waals surface area (Å²) in [7, 11) is 0. The van der Waals surface area contributed by atoms with Crippen LogP contribution in [0.25, 0.3) is 6.08 Å². The molecule has 0 unspecified atom stereocenters. The first-order valence-corrected chi connectivity index (χ1v) is 4.74. The van der Waals surface area contributed by atoms with E-state index in [1.165, 1.54) is 5.56 Å². The monoisotopic (exact) mass is 188 g/mol. The highest BCUT2D eigenvalue weighted by Gasteiger charge is 1.89. The zero-order valence-electron chi connectivity index (χ0n) is 8.70. The Balaban J connectivity index is 2.79. The molecule has 74 valence electrons. The van der Waals surface area contributed by atoms with E-state index in [2.05, 4.69) is 18.2 Å². The lowest BCUT2D eigenvalue weighted by atomic mass is 10.1. The van der Waals surface area contributed by atoms with Crippen molar-refractivity contribution in [1.82, 2.24) is 0 Å². The van der Waals surface area contributed by atoms with Gasteiger partial charge in [0.15, 0.2) is 0 Å². The number of allylic oxidation sites excluding steroid dienone is 2. The van der Waals surface area contributed by atoms with Gasteiger partial charge in [0, 0.05) is 0 Å². The molecule has 0 atom stereocenters. The lowest BCUT2D eigenvalue weighted by Crippen LogP contribution is -1.84. The summed E-state index contributed by atoms with van der Waals surface area (Å²) in [6.07, 6.45) is 4.09. The molecule has 0 aliphatic heterocycles. The van der Waals surface area contributed by atoms with Crippen LogP contribution in [0.2, 0.25) is 0 Å². The van der Waals surface area contributed by atoms with Gasteiger partial charge in [-0.1, -0.05) is 48.1 Å². The van der Waals surface area contributed by atoms with Gasteiger partial charge in [-0.3, -0.25) is 0 Å². The zero-order chi connectivity index (χ0) is 10.4. The molecule has 1 aromatic carbocycles. The molecule has 0 amide bonds. The van der Waals surface area contributed by atoms with Crippen molar-refractivity contribution in [3.05, 3.63) is 53.1 Å². The van der Waals surface area contributed by atoms with Crippen LogP contribution in [0.1, 0.15) is 19.4 Å². The predicted molar refractivity (Wildman–Crippen MR) is 60.9 cm³/mol. The predicted octanol–water partition coefficient (Wildman–Crippen LogP) is 3.03. The van der Waals surface area contributed by atoms with Crippen molar-refractivity contribution in [2.75, 3.05) is 6.61 Å². The van der Waals surface area contributed by atoms with E-state index in [1.807, 2.05) is 38.1 Å².